The Morgan fingerprint density at radius 1 is 1.25 bits per heavy atom. The van der Waals surface area contributed by atoms with Crippen LogP contribution in [0.15, 0.2) is 47.6 Å². The molecule has 0 bridgehead atoms. The maximum absolute atomic E-state index is 6.13. The minimum atomic E-state index is 0.363. The molecule has 7 heteroatoms. The second-order valence-electron chi connectivity index (χ2n) is 4.74. The highest BCUT2D eigenvalue weighted by atomic mass is 35.5. The predicted octanol–water partition coefficient (Wildman–Crippen LogP) is 3.36. The fourth-order valence-corrected chi connectivity index (χ4v) is 2.12. The van der Waals surface area contributed by atoms with Crippen molar-refractivity contribution in [1.29, 1.82) is 0 Å². The van der Waals surface area contributed by atoms with E-state index < -0.39 is 0 Å². The standard InChI is InChI=1S/C17H18ClN3O2S/c1-19-17(24)21-20-10-12-7-8-15(16(9-12)22-2)23-11-13-5-3-4-6-14(13)18/h3-10H,11H2,1-2H3,(H2,19,21,24)/b20-10+. The van der Waals surface area contributed by atoms with Gasteiger partial charge in [0.1, 0.15) is 6.61 Å². The van der Waals surface area contributed by atoms with E-state index in [9.17, 15) is 0 Å². The molecule has 126 valence electrons. The van der Waals surface area contributed by atoms with Crippen LogP contribution in [0.2, 0.25) is 5.02 Å². The van der Waals surface area contributed by atoms with Gasteiger partial charge in [-0.3, -0.25) is 5.43 Å². The predicted molar refractivity (Wildman–Crippen MR) is 101 cm³/mol. The van der Waals surface area contributed by atoms with Gasteiger partial charge in [0, 0.05) is 17.6 Å². The van der Waals surface area contributed by atoms with Crippen molar-refractivity contribution < 1.29 is 9.47 Å². The van der Waals surface area contributed by atoms with Gasteiger partial charge < -0.3 is 14.8 Å². The zero-order valence-electron chi connectivity index (χ0n) is 13.4. The van der Waals surface area contributed by atoms with Crippen molar-refractivity contribution in [1.82, 2.24) is 10.7 Å². The molecule has 0 aliphatic carbocycles. The number of thiocarbonyl (C=S) groups is 1. The first-order valence-corrected chi connectivity index (χ1v) is 7.97. The van der Waals surface area contributed by atoms with Crippen molar-refractivity contribution in [3.05, 3.63) is 58.6 Å². The van der Waals surface area contributed by atoms with E-state index in [1.54, 1.807) is 20.4 Å². The quantitative estimate of drug-likeness (QED) is 0.468. The van der Waals surface area contributed by atoms with Crippen LogP contribution in [0.3, 0.4) is 0 Å². The Hall–Kier alpha value is -2.31. The number of ether oxygens (including phenoxy) is 2. The van der Waals surface area contributed by atoms with Gasteiger partial charge in [-0.1, -0.05) is 29.8 Å². The summed E-state index contributed by atoms with van der Waals surface area (Å²) in [4.78, 5) is 0. The van der Waals surface area contributed by atoms with Gasteiger partial charge in [0.05, 0.1) is 13.3 Å². The van der Waals surface area contributed by atoms with Crippen LogP contribution in [0.1, 0.15) is 11.1 Å². The molecule has 0 aliphatic heterocycles. The zero-order chi connectivity index (χ0) is 17.4. The molecule has 0 unspecified atom stereocenters. The lowest BCUT2D eigenvalue weighted by atomic mass is 10.2. The lowest BCUT2D eigenvalue weighted by Gasteiger charge is -2.12. The Morgan fingerprint density at radius 3 is 2.75 bits per heavy atom. The number of nitrogens with one attached hydrogen (secondary N) is 2. The van der Waals surface area contributed by atoms with Gasteiger partial charge in [0.15, 0.2) is 16.6 Å². The maximum atomic E-state index is 6.13. The van der Waals surface area contributed by atoms with Crippen molar-refractivity contribution in [2.45, 2.75) is 6.61 Å². The Balaban J connectivity index is 2.06. The molecule has 2 rings (SSSR count). The summed E-state index contributed by atoms with van der Waals surface area (Å²) in [5, 5.41) is 7.92. The first-order chi connectivity index (χ1) is 11.6. The van der Waals surface area contributed by atoms with E-state index in [4.69, 9.17) is 33.3 Å². The third-order valence-electron chi connectivity index (χ3n) is 3.14. The Labute approximate surface area is 151 Å². The van der Waals surface area contributed by atoms with E-state index >= 15 is 0 Å². The summed E-state index contributed by atoms with van der Waals surface area (Å²) in [7, 11) is 3.31. The molecule has 0 spiro atoms. The maximum Gasteiger partial charge on any atom is 0.186 e. The van der Waals surface area contributed by atoms with Crippen LogP contribution >= 0.6 is 23.8 Å². The van der Waals surface area contributed by atoms with Crippen molar-refractivity contribution in [3.63, 3.8) is 0 Å². The fourth-order valence-electron chi connectivity index (χ4n) is 1.88. The number of nitrogens with zero attached hydrogens (tertiary/aromatic N) is 1. The number of hydrazone groups is 1. The minimum Gasteiger partial charge on any atom is -0.493 e. The molecule has 0 radical (unpaired) electrons. The van der Waals surface area contributed by atoms with Gasteiger partial charge in [0.25, 0.3) is 0 Å². The molecule has 5 nitrogen and oxygen atoms in total. The van der Waals surface area contributed by atoms with Crippen molar-refractivity contribution in [2.75, 3.05) is 14.2 Å². The Kier molecular flexibility index (Phi) is 6.84. The number of hydrogen-bond acceptors (Lipinski definition) is 4. The molecule has 0 saturated carbocycles. The van der Waals surface area contributed by atoms with E-state index in [1.807, 2.05) is 42.5 Å². The lowest BCUT2D eigenvalue weighted by molar-refractivity contribution is 0.284. The van der Waals surface area contributed by atoms with Gasteiger partial charge in [-0.2, -0.15) is 5.10 Å². The molecule has 0 saturated heterocycles. The number of hydrogen-bond donors (Lipinski definition) is 2. The highest BCUT2D eigenvalue weighted by Crippen LogP contribution is 2.29. The van der Waals surface area contributed by atoms with E-state index in [0.717, 1.165) is 11.1 Å². The van der Waals surface area contributed by atoms with Crippen molar-refractivity contribution in [2.24, 2.45) is 5.10 Å². The van der Waals surface area contributed by atoms with Crippen LogP contribution < -0.4 is 20.2 Å². The minimum absolute atomic E-state index is 0.363. The zero-order valence-corrected chi connectivity index (χ0v) is 14.9. The third-order valence-corrected chi connectivity index (χ3v) is 3.80. The fraction of sp³-hybridized carbons (Fsp3) is 0.176. The largest absolute Gasteiger partial charge is 0.493 e. The number of benzene rings is 2. The van der Waals surface area contributed by atoms with Crippen LogP contribution in [-0.2, 0) is 6.61 Å². The van der Waals surface area contributed by atoms with Gasteiger partial charge in [-0.05, 0) is 42.0 Å². The van der Waals surface area contributed by atoms with E-state index in [-0.39, 0.29) is 0 Å². The van der Waals surface area contributed by atoms with Crippen LogP contribution in [0, 0.1) is 0 Å². The summed E-state index contributed by atoms with van der Waals surface area (Å²) >= 11 is 11.1. The number of methoxy groups -OCH3 is 1. The molecule has 0 fully saturated rings. The molecular weight excluding hydrogens is 346 g/mol. The monoisotopic (exact) mass is 363 g/mol. The molecule has 0 aliphatic rings. The average Bonchev–Trinajstić information content (AvgIpc) is 2.61. The van der Waals surface area contributed by atoms with E-state index in [0.29, 0.717) is 28.2 Å². The van der Waals surface area contributed by atoms with Crippen LogP contribution in [-0.4, -0.2) is 25.5 Å². The smallest absolute Gasteiger partial charge is 0.186 e. The lowest BCUT2D eigenvalue weighted by Crippen LogP contribution is -2.28. The van der Waals surface area contributed by atoms with Crippen LogP contribution in [0.5, 0.6) is 11.5 Å². The number of halogens is 1. The summed E-state index contributed by atoms with van der Waals surface area (Å²) in [6.07, 6.45) is 1.64. The molecule has 2 aromatic carbocycles. The highest BCUT2D eigenvalue weighted by molar-refractivity contribution is 7.80. The van der Waals surface area contributed by atoms with E-state index in [1.165, 1.54) is 0 Å². The average molecular weight is 364 g/mol. The van der Waals surface area contributed by atoms with Gasteiger partial charge in [-0.15, -0.1) is 0 Å². The van der Waals surface area contributed by atoms with Gasteiger partial charge in [-0.25, -0.2) is 0 Å². The van der Waals surface area contributed by atoms with Gasteiger partial charge >= 0.3 is 0 Å². The SMILES string of the molecule is CNC(=S)N/N=C/c1ccc(OCc2ccccc2Cl)c(OC)c1. The van der Waals surface area contributed by atoms with Crippen molar-refractivity contribution in [3.8, 4) is 11.5 Å². The third kappa shape index (κ3) is 5.11. The molecule has 2 aromatic rings. The van der Waals surface area contributed by atoms with E-state index in [2.05, 4.69) is 15.8 Å². The summed E-state index contributed by atoms with van der Waals surface area (Å²) in [6, 6.07) is 13.1. The second kappa shape index (κ2) is 9.10. The first-order valence-electron chi connectivity index (χ1n) is 7.19. The number of rotatable bonds is 6. The summed E-state index contributed by atoms with van der Waals surface area (Å²) in [5.41, 5.74) is 4.45. The normalized spacial score (nSPS) is 10.5. The molecule has 0 heterocycles. The molecular formula is C17H18ClN3O2S. The highest BCUT2D eigenvalue weighted by Gasteiger charge is 2.07. The Bertz CT molecular complexity index is 738. The Morgan fingerprint density at radius 2 is 2.04 bits per heavy atom. The topological polar surface area (TPSA) is 54.9 Å². The molecule has 0 atom stereocenters. The first kappa shape index (κ1) is 18.0. The van der Waals surface area contributed by atoms with Crippen LogP contribution in [0.4, 0.5) is 0 Å². The molecule has 0 amide bonds. The summed E-state index contributed by atoms with van der Waals surface area (Å²) in [6.45, 7) is 0.363. The van der Waals surface area contributed by atoms with Crippen LogP contribution in [0.25, 0.3) is 0 Å². The molecule has 24 heavy (non-hydrogen) atoms. The molecule has 2 N–H and O–H groups in total. The van der Waals surface area contributed by atoms with Gasteiger partial charge in [0.2, 0.25) is 0 Å². The second-order valence-corrected chi connectivity index (χ2v) is 5.55. The molecule has 0 aromatic heterocycles. The summed E-state index contributed by atoms with van der Waals surface area (Å²) < 4.78 is 11.2. The van der Waals surface area contributed by atoms with Crippen molar-refractivity contribution >= 4 is 35.1 Å². The summed E-state index contributed by atoms with van der Waals surface area (Å²) in [5.74, 6) is 1.25.